The minimum atomic E-state index is -0.204. The van der Waals surface area contributed by atoms with Gasteiger partial charge in [0.1, 0.15) is 34.5 Å². The van der Waals surface area contributed by atoms with Gasteiger partial charge in [0, 0.05) is 110 Å². The summed E-state index contributed by atoms with van der Waals surface area (Å²) in [5.41, 5.74) is 5.30. The smallest absolute Gasteiger partial charge is 0.162 e. The first kappa shape index (κ1) is 105. The zero-order chi connectivity index (χ0) is 90.5. The van der Waals surface area contributed by atoms with Crippen LogP contribution in [0.2, 0.25) is 0 Å². The summed E-state index contributed by atoms with van der Waals surface area (Å²) in [5, 5.41) is 78.7. The highest BCUT2D eigenvalue weighted by Crippen LogP contribution is 2.43. The highest BCUT2D eigenvalue weighted by molar-refractivity contribution is 6.00. The molecular formula is C114H168O12. The molecule has 0 amide bonds. The molecule has 0 heterocycles. The van der Waals surface area contributed by atoms with Crippen LogP contribution in [-0.2, 0) is 38.5 Å². The maximum Gasteiger partial charge on any atom is 0.162 e. The Balaban J connectivity index is 1.47. The summed E-state index contributed by atoms with van der Waals surface area (Å²) in [6.45, 7) is 13.3. The van der Waals surface area contributed by atoms with Crippen molar-refractivity contribution in [3.05, 3.63) is 173 Å². The van der Waals surface area contributed by atoms with Gasteiger partial charge in [-0.25, -0.2) is 0 Å². The minimum absolute atomic E-state index is 0.147. The number of carbonyl (C=O) groups excluding carboxylic acids is 6. The quantitative estimate of drug-likeness (QED) is 0.0155. The lowest BCUT2D eigenvalue weighted by atomic mass is 9.86. The molecule has 12 nitrogen and oxygen atoms in total. The summed E-state index contributed by atoms with van der Waals surface area (Å²) in [6.07, 6.45) is 57.6. The topological polar surface area (TPSA) is 224 Å². The number of ketones is 6. The summed E-state index contributed by atoms with van der Waals surface area (Å²) >= 11 is 0. The molecule has 0 atom stereocenters. The van der Waals surface area contributed by atoms with Gasteiger partial charge in [-0.15, -0.1) is 0 Å². The molecule has 12 heteroatoms. The number of unbranched alkanes of at least 4 members (excludes halogenated alkanes) is 48. The Bertz CT molecular complexity index is 3410. The Hall–Kier alpha value is -7.86. The minimum Gasteiger partial charge on any atom is -0.507 e. The van der Waals surface area contributed by atoms with Crippen molar-refractivity contribution in [3.8, 4) is 34.5 Å². The predicted octanol–water partition coefficient (Wildman–Crippen LogP) is 32.4. The molecule has 6 N–H and O–H groups in total. The van der Waals surface area contributed by atoms with E-state index in [9.17, 15) is 30.6 Å². The molecule has 696 valence electrons. The predicted molar refractivity (Wildman–Crippen MR) is 523 cm³/mol. The molecule has 0 unspecified atom stereocenters. The van der Waals surface area contributed by atoms with Crippen LogP contribution in [0.5, 0.6) is 34.5 Å². The molecule has 7 rings (SSSR count). The van der Waals surface area contributed by atoms with E-state index in [-0.39, 0.29) is 213 Å². The molecule has 0 aliphatic heterocycles. The van der Waals surface area contributed by atoms with Gasteiger partial charge >= 0.3 is 0 Å². The fraction of sp³-hybridized carbons (Fsp3) is 0.632. The van der Waals surface area contributed by atoms with E-state index in [0.29, 0.717) is 71.9 Å². The Labute approximate surface area is 762 Å². The highest BCUT2D eigenvalue weighted by Gasteiger charge is 2.28. The van der Waals surface area contributed by atoms with Crippen molar-refractivity contribution in [2.45, 2.75) is 465 Å². The molecule has 0 saturated heterocycles. The van der Waals surface area contributed by atoms with Crippen molar-refractivity contribution in [2.75, 3.05) is 0 Å². The Morgan fingerprint density at radius 1 is 0.159 bits per heavy atom. The number of hydrogen-bond acceptors (Lipinski definition) is 12. The Morgan fingerprint density at radius 3 is 0.341 bits per heavy atom. The molecule has 126 heavy (non-hydrogen) atoms. The first-order chi connectivity index (χ1) is 61.3. The number of phenols is 6. The summed E-state index contributed by atoms with van der Waals surface area (Å²) in [5.74, 6) is -2.10. The standard InChI is InChI=1S/C114H168O12/c1-7-13-19-25-31-37-43-49-55-61-103(115)85-67-91-79-93-69-86(104(116)62-56-50-44-38-32-26-20-14-8-2)71-95(110(93)122)81-97-73-88(106(118)64-58-52-46-40-34-28-22-16-10-4)75-99(112(97)124)83-101-77-90(108(120)66-60-54-48-42-36-30-24-18-12-6)78-102(114(101)126)84-100-76-89(107(119)65-59-53-47-41-35-29-23-17-11-5)74-98(113(100)125)82-96-72-87(70-94(111(96)123)80-92(68-85)109(91)121)105(117)63-57-51-45-39-33-27-21-15-9-3/h67-78,121-126H,7-66,79-84H2,1-6H3. The van der Waals surface area contributed by atoms with Crippen LogP contribution in [0, 0.1) is 0 Å². The number of fused-ring (bicyclic) bond motifs is 12. The zero-order valence-corrected chi connectivity index (χ0v) is 79.7. The van der Waals surface area contributed by atoms with Crippen LogP contribution in [-0.4, -0.2) is 65.3 Å². The number of benzene rings is 6. The van der Waals surface area contributed by atoms with Crippen LogP contribution in [0.4, 0.5) is 0 Å². The van der Waals surface area contributed by atoms with Crippen molar-refractivity contribution in [1.82, 2.24) is 0 Å². The maximum absolute atomic E-state index is 15.0. The van der Waals surface area contributed by atoms with Gasteiger partial charge in [-0.05, 0) is 178 Å². The van der Waals surface area contributed by atoms with Crippen molar-refractivity contribution in [2.24, 2.45) is 0 Å². The van der Waals surface area contributed by atoms with Gasteiger partial charge in [0.25, 0.3) is 0 Å². The Morgan fingerprint density at radius 2 is 0.246 bits per heavy atom. The molecule has 1 aliphatic rings. The average Bonchev–Trinajstić information content (AvgIpc) is 0.780. The third-order valence-electron chi connectivity index (χ3n) is 26.9. The first-order valence-electron chi connectivity index (χ1n) is 51.6. The monoisotopic (exact) mass is 1730 g/mol. The van der Waals surface area contributed by atoms with Gasteiger partial charge in [-0.2, -0.15) is 0 Å². The van der Waals surface area contributed by atoms with E-state index in [2.05, 4.69) is 41.5 Å². The molecule has 0 radical (unpaired) electrons. The van der Waals surface area contributed by atoms with E-state index in [1.54, 1.807) is 72.8 Å². The van der Waals surface area contributed by atoms with Gasteiger partial charge in [0.05, 0.1) is 0 Å². The summed E-state index contributed by atoms with van der Waals surface area (Å²) in [7, 11) is 0. The molecule has 6 aromatic carbocycles. The number of hydrogen-bond donors (Lipinski definition) is 6. The van der Waals surface area contributed by atoms with Crippen LogP contribution < -0.4 is 0 Å². The van der Waals surface area contributed by atoms with Gasteiger partial charge in [-0.1, -0.05) is 350 Å². The van der Waals surface area contributed by atoms with E-state index in [4.69, 9.17) is 0 Å². The summed E-state index contributed by atoms with van der Waals surface area (Å²) in [4.78, 5) is 90.0. The fourth-order valence-electron chi connectivity index (χ4n) is 18.8. The number of carbonyl (C=O) groups is 6. The molecule has 0 fully saturated rings. The molecular weight excluding hydrogens is 1560 g/mol. The number of Topliss-reactive ketones (excluding diaryl/α,β-unsaturated/α-hetero) is 6. The maximum atomic E-state index is 15.0. The van der Waals surface area contributed by atoms with E-state index < -0.39 is 0 Å². The lowest BCUT2D eigenvalue weighted by Crippen LogP contribution is -2.09. The second-order valence-corrected chi connectivity index (χ2v) is 37.9. The van der Waals surface area contributed by atoms with Crippen molar-refractivity contribution in [3.63, 3.8) is 0 Å². The average molecular weight is 1730 g/mol. The molecule has 12 bridgehead atoms. The zero-order valence-electron chi connectivity index (χ0n) is 79.7. The van der Waals surface area contributed by atoms with Crippen molar-refractivity contribution < 1.29 is 59.4 Å². The first-order valence-corrected chi connectivity index (χ1v) is 51.6. The van der Waals surface area contributed by atoms with E-state index in [0.717, 1.165) is 154 Å². The second kappa shape index (κ2) is 61.6. The van der Waals surface area contributed by atoms with Gasteiger partial charge in [0.2, 0.25) is 0 Å². The molecule has 1 aliphatic carbocycles. The molecule has 0 aromatic heterocycles. The SMILES string of the molecule is CCCCCCCCCCCC(=O)c1cc2c(O)c(c1)Cc1cc(C(=O)CCCCCCCCCCC)cc(c1O)Cc1cc(C(=O)CCCCCCCCCCC)cc(c1O)Cc1cc(C(=O)CCCCCCCCCCC)cc(c1O)Cc1cc(C(=O)CCCCCCCCCCC)cc(c1O)Cc1cc(C(=O)CCCCCCCCCCC)cc(c1O)C2. The summed E-state index contributed by atoms with van der Waals surface area (Å²) < 4.78 is 0. The lowest BCUT2D eigenvalue weighted by Gasteiger charge is -2.20. The van der Waals surface area contributed by atoms with E-state index in [1.165, 1.54) is 154 Å². The van der Waals surface area contributed by atoms with Crippen LogP contribution in [0.15, 0.2) is 72.8 Å². The van der Waals surface area contributed by atoms with Crippen LogP contribution >= 0.6 is 0 Å². The van der Waals surface area contributed by atoms with Crippen LogP contribution in [0.1, 0.15) is 556 Å². The number of rotatable bonds is 66. The van der Waals surface area contributed by atoms with Gasteiger partial charge in [0.15, 0.2) is 34.7 Å². The summed E-state index contributed by atoms with van der Waals surface area (Å²) in [6, 6.07) is 20.1. The molecule has 0 spiro atoms. The van der Waals surface area contributed by atoms with Gasteiger partial charge in [-0.3, -0.25) is 28.8 Å². The highest BCUT2D eigenvalue weighted by atomic mass is 16.3. The van der Waals surface area contributed by atoms with E-state index >= 15 is 28.8 Å². The van der Waals surface area contributed by atoms with Gasteiger partial charge < -0.3 is 30.6 Å². The third kappa shape index (κ3) is 37.7. The largest absolute Gasteiger partial charge is 0.507 e. The lowest BCUT2D eigenvalue weighted by molar-refractivity contribution is 0.0970. The second-order valence-electron chi connectivity index (χ2n) is 37.9. The van der Waals surface area contributed by atoms with Crippen molar-refractivity contribution >= 4 is 34.7 Å². The molecule has 0 saturated carbocycles. The number of aromatic hydroxyl groups is 6. The van der Waals surface area contributed by atoms with Crippen molar-refractivity contribution in [1.29, 1.82) is 0 Å². The Kier molecular flexibility index (Phi) is 51.4. The normalized spacial score (nSPS) is 12.2. The molecule has 6 aromatic rings. The number of phenolic OH excluding ortho intramolecular Hbond substituents is 6. The van der Waals surface area contributed by atoms with Crippen LogP contribution in [0.25, 0.3) is 0 Å². The fourth-order valence-corrected chi connectivity index (χ4v) is 18.8. The third-order valence-corrected chi connectivity index (χ3v) is 26.9. The van der Waals surface area contributed by atoms with E-state index in [1.807, 2.05) is 0 Å². The van der Waals surface area contributed by atoms with Crippen LogP contribution in [0.3, 0.4) is 0 Å².